The molecule has 0 radical (unpaired) electrons. The lowest BCUT2D eigenvalue weighted by Crippen LogP contribution is -2.22. The number of para-hydroxylation sites is 1. The molecule has 0 saturated carbocycles. The molecule has 0 bridgehead atoms. The Hall–Kier alpha value is -2.68. The quantitative estimate of drug-likeness (QED) is 0.621. The molecule has 0 heterocycles. The van der Waals surface area contributed by atoms with Crippen molar-refractivity contribution in [3.8, 4) is 6.07 Å². The van der Waals surface area contributed by atoms with Crippen LogP contribution in [0.3, 0.4) is 0 Å². The van der Waals surface area contributed by atoms with E-state index in [1.165, 1.54) is 6.92 Å². The van der Waals surface area contributed by atoms with E-state index in [1.807, 2.05) is 0 Å². The normalized spacial score (nSPS) is 10.3. The first-order valence-corrected chi connectivity index (χ1v) is 5.09. The highest BCUT2D eigenvalue weighted by molar-refractivity contribution is 6.48. The number of nitrogens with one attached hydrogen (secondary N) is 1. The Morgan fingerprint density at radius 2 is 2.06 bits per heavy atom. The van der Waals surface area contributed by atoms with Gasteiger partial charge in [0.05, 0.1) is 0 Å². The maximum absolute atomic E-state index is 11.6. The number of hydrogen-bond donors (Lipinski definition) is 1. The van der Waals surface area contributed by atoms with E-state index in [9.17, 15) is 9.59 Å². The van der Waals surface area contributed by atoms with Gasteiger partial charge >= 0.3 is 0 Å². The minimum atomic E-state index is -0.688. The van der Waals surface area contributed by atoms with E-state index >= 15 is 0 Å². The Labute approximate surface area is 104 Å². The summed E-state index contributed by atoms with van der Waals surface area (Å²) in [5.41, 5.74) is 0.0946. The summed E-state index contributed by atoms with van der Waals surface area (Å²) in [5.74, 6) is -0.938. The number of amides is 1. The molecule has 0 aliphatic carbocycles. The average Bonchev–Trinajstić information content (AvgIpc) is 2.35. The number of nitriles is 1. The van der Waals surface area contributed by atoms with Gasteiger partial charge < -0.3 is 10.2 Å². The molecule has 0 aliphatic heterocycles. The molecule has 1 amide bonds. The number of anilines is 1. The molecule has 1 aromatic rings. The summed E-state index contributed by atoms with van der Waals surface area (Å²) in [5, 5.41) is 14.5. The number of carbonyl (C=O) groups is 2. The van der Waals surface area contributed by atoms with Crippen molar-refractivity contribution in [2.75, 3.05) is 11.9 Å². The van der Waals surface area contributed by atoms with Gasteiger partial charge in [0.25, 0.3) is 5.91 Å². The van der Waals surface area contributed by atoms with Crippen molar-refractivity contribution in [2.45, 2.75) is 6.92 Å². The maximum Gasteiger partial charge on any atom is 0.288 e. The molecule has 0 saturated heterocycles. The number of carbonyl (C=O) groups excluding carboxylic acids is 2. The van der Waals surface area contributed by atoms with Crippen LogP contribution in [0.25, 0.3) is 0 Å². The second-order valence-electron chi connectivity index (χ2n) is 3.35. The lowest BCUT2D eigenvalue weighted by Gasteiger charge is -2.02. The molecule has 6 heteroatoms. The SMILES string of the molecule is CC(=O)CO/N=C(/C#N)C(=O)Nc1ccccc1. The molecule has 1 rings (SSSR count). The van der Waals surface area contributed by atoms with Crippen LogP contribution in [0.15, 0.2) is 35.5 Å². The highest BCUT2D eigenvalue weighted by Gasteiger charge is 2.12. The van der Waals surface area contributed by atoms with Crippen LogP contribution in [0.4, 0.5) is 5.69 Å². The zero-order valence-electron chi connectivity index (χ0n) is 9.71. The van der Waals surface area contributed by atoms with E-state index in [4.69, 9.17) is 5.26 Å². The fourth-order valence-corrected chi connectivity index (χ4v) is 1.01. The summed E-state index contributed by atoms with van der Waals surface area (Å²) in [6, 6.07) is 10.2. The Balaban J connectivity index is 2.63. The second kappa shape index (κ2) is 6.81. The minimum absolute atomic E-state index is 0.250. The number of hydrogen-bond acceptors (Lipinski definition) is 5. The first kappa shape index (κ1) is 13.4. The maximum atomic E-state index is 11.6. The van der Waals surface area contributed by atoms with Crippen LogP contribution in [-0.2, 0) is 14.4 Å². The summed E-state index contributed by atoms with van der Waals surface area (Å²) in [4.78, 5) is 26.7. The smallest absolute Gasteiger partial charge is 0.288 e. The third kappa shape index (κ3) is 4.45. The average molecular weight is 245 g/mol. The number of ketones is 1. The summed E-state index contributed by atoms with van der Waals surface area (Å²) in [6.07, 6.45) is 0. The molecule has 1 N–H and O–H groups in total. The van der Waals surface area contributed by atoms with Gasteiger partial charge in [-0.15, -0.1) is 0 Å². The third-order valence-corrected chi connectivity index (χ3v) is 1.78. The van der Waals surface area contributed by atoms with Crippen molar-refractivity contribution in [3.05, 3.63) is 30.3 Å². The van der Waals surface area contributed by atoms with Gasteiger partial charge in [0.2, 0.25) is 5.71 Å². The van der Waals surface area contributed by atoms with Gasteiger partial charge in [0.1, 0.15) is 6.07 Å². The molecule has 0 atom stereocenters. The Kier molecular flexibility index (Phi) is 5.06. The van der Waals surface area contributed by atoms with Crippen molar-refractivity contribution < 1.29 is 14.4 Å². The molecule has 92 valence electrons. The van der Waals surface area contributed by atoms with Gasteiger partial charge in [-0.2, -0.15) is 5.26 Å². The van der Waals surface area contributed by atoms with Crippen LogP contribution < -0.4 is 5.32 Å². The molecule has 0 unspecified atom stereocenters. The molecule has 18 heavy (non-hydrogen) atoms. The van der Waals surface area contributed by atoms with E-state index in [2.05, 4.69) is 15.3 Å². The van der Waals surface area contributed by atoms with E-state index in [0.717, 1.165) is 0 Å². The van der Waals surface area contributed by atoms with E-state index in [1.54, 1.807) is 36.4 Å². The van der Waals surface area contributed by atoms with Crippen molar-refractivity contribution in [2.24, 2.45) is 5.16 Å². The topological polar surface area (TPSA) is 91.5 Å². The van der Waals surface area contributed by atoms with Crippen molar-refractivity contribution >= 4 is 23.1 Å². The highest BCUT2D eigenvalue weighted by Crippen LogP contribution is 2.04. The second-order valence-corrected chi connectivity index (χ2v) is 3.35. The Bertz CT molecular complexity index is 503. The predicted octanol–water partition coefficient (Wildman–Crippen LogP) is 1.11. The molecule has 0 fully saturated rings. The van der Waals surface area contributed by atoms with E-state index < -0.39 is 11.6 Å². The van der Waals surface area contributed by atoms with E-state index in [0.29, 0.717) is 5.69 Å². The fraction of sp³-hybridized carbons (Fsp3) is 0.167. The first-order valence-electron chi connectivity index (χ1n) is 5.09. The zero-order valence-corrected chi connectivity index (χ0v) is 9.71. The van der Waals surface area contributed by atoms with Gasteiger partial charge in [-0.3, -0.25) is 9.59 Å². The minimum Gasteiger partial charge on any atom is -0.387 e. The number of rotatable bonds is 5. The van der Waals surface area contributed by atoms with Crippen LogP contribution >= 0.6 is 0 Å². The third-order valence-electron chi connectivity index (χ3n) is 1.78. The summed E-state index contributed by atoms with van der Waals surface area (Å²) < 4.78 is 0. The first-order chi connectivity index (χ1) is 8.63. The van der Waals surface area contributed by atoms with Crippen LogP contribution in [-0.4, -0.2) is 24.0 Å². The Morgan fingerprint density at radius 1 is 1.39 bits per heavy atom. The standard InChI is InChI=1S/C12H11N3O3/c1-9(16)8-18-15-11(7-13)12(17)14-10-5-3-2-4-6-10/h2-6H,8H2,1H3,(H,14,17)/b15-11-. The molecular weight excluding hydrogens is 234 g/mol. The lowest BCUT2D eigenvalue weighted by atomic mass is 10.3. The molecular formula is C12H11N3O3. The van der Waals surface area contributed by atoms with Gasteiger partial charge in [-0.1, -0.05) is 23.4 Å². The Morgan fingerprint density at radius 3 is 2.61 bits per heavy atom. The fourth-order valence-electron chi connectivity index (χ4n) is 1.01. The predicted molar refractivity (Wildman–Crippen MR) is 64.8 cm³/mol. The molecule has 0 spiro atoms. The summed E-state index contributed by atoms with van der Waals surface area (Å²) in [7, 11) is 0. The van der Waals surface area contributed by atoms with Gasteiger partial charge in [-0.05, 0) is 19.1 Å². The number of Topliss-reactive ketones (excluding diaryl/α,β-unsaturated/α-hetero) is 1. The number of benzene rings is 1. The van der Waals surface area contributed by atoms with E-state index in [-0.39, 0.29) is 12.4 Å². The monoisotopic (exact) mass is 245 g/mol. The zero-order chi connectivity index (χ0) is 13.4. The molecule has 1 aromatic carbocycles. The van der Waals surface area contributed by atoms with Crippen LogP contribution in [0.2, 0.25) is 0 Å². The van der Waals surface area contributed by atoms with Crippen molar-refractivity contribution in [1.29, 1.82) is 5.26 Å². The van der Waals surface area contributed by atoms with Gasteiger partial charge in [-0.25, -0.2) is 0 Å². The van der Waals surface area contributed by atoms with Crippen molar-refractivity contribution in [1.82, 2.24) is 0 Å². The highest BCUT2D eigenvalue weighted by atomic mass is 16.6. The number of oxime groups is 1. The van der Waals surface area contributed by atoms with Gasteiger partial charge in [0, 0.05) is 5.69 Å². The number of nitrogens with zero attached hydrogens (tertiary/aromatic N) is 2. The van der Waals surface area contributed by atoms with Crippen LogP contribution in [0.5, 0.6) is 0 Å². The lowest BCUT2D eigenvalue weighted by molar-refractivity contribution is -0.121. The summed E-state index contributed by atoms with van der Waals surface area (Å²) in [6.45, 7) is 1.04. The molecule has 0 aromatic heterocycles. The molecule has 0 aliphatic rings. The molecule has 6 nitrogen and oxygen atoms in total. The summed E-state index contributed by atoms with van der Waals surface area (Å²) >= 11 is 0. The van der Waals surface area contributed by atoms with Crippen molar-refractivity contribution in [3.63, 3.8) is 0 Å². The largest absolute Gasteiger partial charge is 0.387 e. The van der Waals surface area contributed by atoms with Gasteiger partial charge in [0.15, 0.2) is 12.4 Å². The van der Waals surface area contributed by atoms with Crippen LogP contribution in [0.1, 0.15) is 6.92 Å². The van der Waals surface area contributed by atoms with Crippen LogP contribution in [0, 0.1) is 11.3 Å².